The number of nitrogens with zero attached hydrogens (tertiary/aromatic N) is 3. The molecule has 102 valence electrons. The maximum atomic E-state index is 11.2. The topological polar surface area (TPSA) is 85.8 Å². The molecule has 0 aliphatic rings. The standard InChI is InChI=1S/C13H13N5OS/c1-18-11-4-8(2-3-9(11)6-15-18)10-7-20-13(16-10)17-12(19)5-14/h2-4,6-7H,5,14H2,1H3,(H,16,17,19). The Hall–Kier alpha value is -2.25. The van der Waals surface area contributed by atoms with E-state index in [0.717, 1.165) is 22.2 Å². The summed E-state index contributed by atoms with van der Waals surface area (Å²) in [6, 6.07) is 6.04. The molecule has 7 heteroatoms. The third-order valence-corrected chi connectivity index (χ3v) is 3.74. The van der Waals surface area contributed by atoms with Crippen molar-refractivity contribution in [2.75, 3.05) is 11.9 Å². The van der Waals surface area contributed by atoms with Gasteiger partial charge in [-0.05, 0) is 6.07 Å². The van der Waals surface area contributed by atoms with Crippen LogP contribution in [-0.2, 0) is 11.8 Å². The van der Waals surface area contributed by atoms with E-state index in [1.54, 1.807) is 0 Å². The van der Waals surface area contributed by atoms with Crippen molar-refractivity contribution in [2.24, 2.45) is 12.8 Å². The van der Waals surface area contributed by atoms with Gasteiger partial charge in [0.25, 0.3) is 0 Å². The third kappa shape index (κ3) is 2.28. The highest BCUT2D eigenvalue weighted by atomic mass is 32.1. The molecule has 2 heterocycles. The molecule has 0 bridgehead atoms. The Labute approximate surface area is 119 Å². The van der Waals surface area contributed by atoms with Gasteiger partial charge >= 0.3 is 0 Å². The van der Waals surface area contributed by atoms with E-state index < -0.39 is 0 Å². The smallest absolute Gasteiger partial charge is 0.239 e. The molecule has 0 atom stereocenters. The fourth-order valence-corrected chi connectivity index (χ4v) is 2.67. The van der Waals surface area contributed by atoms with E-state index in [1.165, 1.54) is 11.3 Å². The number of anilines is 1. The number of nitrogens with one attached hydrogen (secondary N) is 1. The molecule has 0 fully saturated rings. The second-order valence-corrected chi connectivity index (χ2v) is 5.19. The summed E-state index contributed by atoms with van der Waals surface area (Å²) in [6.45, 7) is -0.0457. The fraction of sp³-hybridized carbons (Fsp3) is 0.154. The Morgan fingerprint density at radius 1 is 1.50 bits per heavy atom. The number of thiazole rings is 1. The average molecular weight is 287 g/mol. The number of fused-ring (bicyclic) bond motifs is 1. The first-order valence-corrected chi connectivity index (χ1v) is 6.93. The second kappa shape index (κ2) is 5.03. The molecule has 0 saturated heterocycles. The molecule has 3 rings (SSSR count). The fourth-order valence-electron chi connectivity index (χ4n) is 1.94. The van der Waals surface area contributed by atoms with Crippen molar-refractivity contribution in [3.63, 3.8) is 0 Å². The summed E-state index contributed by atoms with van der Waals surface area (Å²) in [5.74, 6) is -0.243. The second-order valence-electron chi connectivity index (χ2n) is 4.33. The van der Waals surface area contributed by atoms with Crippen LogP contribution < -0.4 is 11.1 Å². The monoisotopic (exact) mass is 287 g/mol. The number of carbonyl (C=O) groups is 1. The molecule has 1 amide bonds. The van der Waals surface area contributed by atoms with Gasteiger partial charge in [-0.3, -0.25) is 9.48 Å². The number of carbonyl (C=O) groups excluding carboxylic acids is 1. The lowest BCUT2D eigenvalue weighted by Crippen LogP contribution is -2.21. The predicted octanol–water partition coefficient (Wildman–Crippen LogP) is 1.59. The number of hydrogen-bond donors (Lipinski definition) is 2. The van der Waals surface area contributed by atoms with E-state index in [4.69, 9.17) is 5.73 Å². The average Bonchev–Trinajstić information content (AvgIpc) is 3.06. The van der Waals surface area contributed by atoms with Crippen LogP contribution in [0.1, 0.15) is 0 Å². The van der Waals surface area contributed by atoms with Gasteiger partial charge in [0.05, 0.1) is 24.0 Å². The van der Waals surface area contributed by atoms with Crippen LogP contribution >= 0.6 is 11.3 Å². The molecule has 2 aromatic heterocycles. The van der Waals surface area contributed by atoms with Gasteiger partial charge in [0.2, 0.25) is 5.91 Å². The molecule has 3 N–H and O–H groups in total. The van der Waals surface area contributed by atoms with Gasteiger partial charge in [0.15, 0.2) is 5.13 Å². The van der Waals surface area contributed by atoms with E-state index in [2.05, 4.69) is 15.4 Å². The Bertz CT molecular complexity index is 776. The summed E-state index contributed by atoms with van der Waals surface area (Å²) in [7, 11) is 1.90. The minimum Gasteiger partial charge on any atom is -0.322 e. The van der Waals surface area contributed by atoms with E-state index in [-0.39, 0.29) is 12.5 Å². The van der Waals surface area contributed by atoms with Crippen LogP contribution in [0.4, 0.5) is 5.13 Å². The number of hydrogen-bond acceptors (Lipinski definition) is 5. The molecule has 20 heavy (non-hydrogen) atoms. The van der Waals surface area contributed by atoms with Crippen molar-refractivity contribution < 1.29 is 4.79 Å². The lowest BCUT2D eigenvalue weighted by molar-refractivity contribution is -0.114. The molecular formula is C13H13N5OS. The van der Waals surface area contributed by atoms with Gasteiger partial charge in [-0.15, -0.1) is 11.3 Å². The highest BCUT2D eigenvalue weighted by Gasteiger charge is 2.08. The van der Waals surface area contributed by atoms with Crippen LogP contribution in [0.2, 0.25) is 0 Å². The first-order valence-electron chi connectivity index (χ1n) is 6.05. The van der Waals surface area contributed by atoms with Crippen molar-refractivity contribution >= 4 is 33.3 Å². The summed E-state index contributed by atoms with van der Waals surface area (Å²) >= 11 is 1.38. The van der Waals surface area contributed by atoms with Gasteiger partial charge in [-0.2, -0.15) is 5.10 Å². The molecule has 0 radical (unpaired) electrons. The highest BCUT2D eigenvalue weighted by molar-refractivity contribution is 7.14. The van der Waals surface area contributed by atoms with Crippen molar-refractivity contribution in [1.82, 2.24) is 14.8 Å². The number of rotatable bonds is 3. The Kier molecular flexibility index (Phi) is 3.21. The summed E-state index contributed by atoms with van der Waals surface area (Å²) in [5, 5.41) is 10.4. The predicted molar refractivity (Wildman–Crippen MR) is 79.5 cm³/mol. The highest BCUT2D eigenvalue weighted by Crippen LogP contribution is 2.27. The normalized spacial score (nSPS) is 10.9. The summed E-state index contributed by atoms with van der Waals surface area (Å²) < 4.78 is 1.82. The maximum Gasteiger partial charge on any atom is 0.239 e. The van der Waals surface area contributed by atoms with Crippen LogP contribution in [-0.4, -0.2) is 27.2 Å². The number of nitrogens with two attached hydrogens (primary N) is 1. The zero-order valence-electron chi connectivity index (χ0n) is 10.8. The zero-order valence-corrected chi connectivity index (χ0v) is 11.6. The number of aryl methyl sites for hydroxylation is 1. The van der Waals surface area contributed by atoms with Gasteiger partial charge < -0.3 is 11.1 Å². The van der Waals surface area contributed by atoms with E-state index >= 15 is 0 Å². The lowest BCUT2D eigenvalue weighted by Gasteiger charge is -1.99. The molecular weight excluding hydrogens is 274 g/mol. The van der Waals surface area contributed by atoms with Gasteiger partial charge in [-0.1, -0.05) is 12.1 Å². The van der Waals surface area contributed by atoms with Crippen LogP contribution in [0.25, 0.3) is 22.2 Å². The molecule has 0 spiro atoms. The molecule has 0 saturated carbocycles. The zero-order chi connectivity index (χ0) is 14.1. The molecule has 3 aromatic rings. The first-order chi connectivity index (χ1) is 9.67. The van der Waals surface area contributed by atoms with Crippen molar-refractivity contribution in [3.05, 3.63) is 29.8 Å². The summed E-state index contributed by atoms with van der Waals surface area (Å²) in [5.41, 5.74) is 8.12. The first kappa shape index (κ1) is 12.8. The summed E-state index contributed by atoms with van der Waals surface area (Å²) in [6.07, 6.45) is 1.83. The number of benzene rings is 1. The van der Waals surface area contributed by atoms with Gasteiger partial charge in [0, 0.05) is 23.4 Å². The minimum atomic E-state index is -0.243. The van der Waals surface area contributed by atoms with E-state index in [0.29, 0.717) is 5.13 Å². The van der Waals surface area contributed by atoms with Crippen molar-refractivity contribution in [3.8, 4) is 11.3 Å². The van der Waals surface area contributed by atoms with Crippen LogP contribution in [0.5, 0.6) is 0 Å². The Morgan fingerprint density at radius 3 is 3.15 bits per heavy atom. The number of aromatic nitrogens is 3. The SMILES string of the molecule is Cn1ncc2ccc(-c3csc(NC(=O)CN)n3)cc21. The molecule has 1 aromatic carbocycles. The lowest BCUT2D eigenvalue weighted by atomic mass is 10.1. The maximum absolute atomic E-state index is 11.2. The largest absolute Gasteiger partial charge is 0.322 e. The molecule has 0 aliphatic carbocycles. The van der Waals surface area contributed by atoms with E-state index in [1.807, 2.05) is 41.5 Å². The minimum absolute atomic E-state index is 0.0457. The Morgan fingerprint density at radius 2 is 2.35 bits per heavy atom. The molecule has 0 unspecified atom stereocenters. The Balaban J connectivity index is 1.94. The van der Waals surface area contributed by atoms with Crippen molar-refractivity contribution in [1.29, 1.82) is 0 Å². The molecule has 6 nitrogen and oxygen atoms in total. The van der Waals surface area contributed by atoms with E-state index in [9.17, 15) is 4.79 Å². The van der Waals surface area contributed by atoms with Crippen LogP contribution in [0, 0.1) is 0 Å². The van der Waals surface area contributed by atoms with Crippen LogP contribution in [0.15, 0.2) is 29.8 Å². The quantitative estimate of drug-likeness (QED) is 0.766. The third-order valence-electron chi connectivity index (χ3n) is 2.98. The molecule has 0 aliphatic heterocycles. The van der Waals surface area contributed by atoms with Crippen LogP contribution in [0.3, 0.4) is 0 Å². The number of amides is 1. The van der Waals surface area contributed by atoms with Crippen molar-refractivity contribution in [2.45, 2.75) is 0 Å². The van der Waals surface area contributed by atoms with Gasteiger partial charge in [0.1, 0.15) is 0 Å². The summed E-state index contributed by atoms with van der Waals surface area (Å²) in [4.78, 5) is 15.6. The van der Waals surface area contributed by atoms with Gasteiger partial charge in [-0.25, -0.2) is 4.98 Å².